The van der Waals surface area contributed by atoms with Crippen molar-refractivity contribution in [3.8, 4) is 0 Å². The van der Waals surface area contributed by atoms with E-state index in [9.17, 15) is 0 Å². The van der Waals surface area contributed by atoms with Crippen molar-refractivity contribution in [3.05, 3.63) is 60.2 Å². The first-order valence-electron chi connectivity index (χ1n) is 9.18. The molecule has 0 aromatic heterocycles. The van der Waals surface area contributed by atoms with Crippen molar-refractivity contribution < 1.29 is 0 Å². The lowest BCUT2D eigenvalue weighted by Gasteiger charge is -2.60. The summed E-state index contributed by atoms with van der Waals surface area (Å²) in [4.78, 5) is 2.61. The average molecular weight is 338 g/mol. The minimum atomic E-state index is 0.562. The van der Waals surface area contributed by atoms with Gasteiger partial charge in [0, 0.05) is 22.4 Å². The third kappa shape index (κ3) is 3.14. The maximum Gasteiger partial charge on any atom is 0.0208 e. The molecular formula is C22H27NS. The minimum absolute atomic E-state index is 0.562. The molecule has 3 aliphatic rings. The van der Waals surface area contributed by atoms with Crippen LogP contribution in [0.25, 0.3) is 0 Å². The maximum atomic E-state index is 3.84. The van der Waals surface area contributed by atoms with Crippen molar-refractivity contribution in [2.24, 2.45) is 17.3 Å². The van der Waals surface area contributed by atoms with E-state index < -0.39 is 0 Å². The Bertz CT molecular complexity index is 675. The van der Waals surface area contributed by atoms with Crippen LogP contribution in [0.2, 0.25) is 0 Å². The van der Waals surface area contributed by atoms with E-state index in [1.165, 1.54) is 34.6 Å². The first-order chi connectivity index (χ1) is 11.6. The van der Waals surface area contributed by atoms with Gasteiger partial charge in [-0.05, 0) is 66.3 Å². The highest BCUT2D eigenvalue weighted by atomic mass is 32.2. The summed E-state index contributed by atoms with van der Waals surface area (Å²) in [6.07, 6.45) is 4.21. The average Bonchev–Trinajstić information content (AvgIpc) is 2.62. The SMILES string of the molecule is CC1(C)C2CCC(NCc3ccc(Sc4ccccc4)cc3)C1C2. The van der Waals surface area contributed by atoms with Gasteiger partial charge in [0.2, 0.25) is 0 Å². The third-order valence-corrected chi connectivity index (χ3v) is 7.34. The summed E-state index contributed by atoms with van der Waals surface area (Å²) in [5.41, 5.74) is 1.96. The predicted molar refractivity (Wildman–Crippen MR) is 102 cm³/mol. The Morgan fingerprint density at radius 2 is 1.67 bits per heavy atom. The summed E-state index contributed by atoms with van der Waals surface area (Å²) >= 11 is 1.83. The van der Waals surface area contributed by atoms with Gasteiger partial charge in [0.25, 0.3) is 0 Å². The molecule has 0 heterocycles. The van der Waals surface area contributed by atoms with Gasteiger partial charge < -0.3 is 5.32 Å². The summed E-state index contributed by atoms with van der Waals surface area (Å²) in [7, 11) is 0. The van der Waals surface area contributed by atoms with Crippen molar-refractivity contribution in [2.45, 2.75) is 55.5 Å². The fraction of sp³-hybridized carbons (Fsp3) is 0.455. The molecule has 0 amide bonds. The second-order valence-corrected chi connectivity index (χ2v) is 9.13. The summed E-state index contributed by atoms with van der Waals surface area (Å²) in [5.74, 6) is 1.86. The summed E-state index contributed by atoms with van der Waals surface area (Å²) in [6.45, 7) is 5.93. The molecule has 5 rings (SSSR count). The van der Waals surface area contributed by atoms with Crippen LogP contribution < -0.4 is 5.32 Å². The lowest BCUT2D eigenvalue weighted by molar-refractivity contribution is -0.0872. The minimum Gasteiger partial charge on any atom is -0.310 e. The standard InChI is InChI=1S/C22H27NS/c1-22(2)17-10-13-21(20(22)14-17)23-15-16-8-11-19(12-9-16)24-18-6-4-3-5-7-18/h3-9,11-12,17,20-21,23H,10,13-15H2,1-2H3. The Morgan fingerprint density at radius 1 is 0.958 bits per heavy atom. The zero-order chi connectivity index (χ0) is 16.6. The molecule has 1 N–H and O–H groups in total. The number of hydrogen-bond donors (Lipinski definition) is 1. The lowest BCUT2D eigenvalue weighted by Crippen LogP contribution is -2.58. The Morgan fingerprint density at radius 3 is 2.33 bits per heavy atom. The van der Waals surface area contributed by atoms with E-state index in [4.69, 9.17) is 0 Å². The normalized spacial score (nSPS) is 27.5. The zero-order valence-electron chi connectivity index (χ0n) is 14.7. The molecular weight excluding hydrogens is 310 g/mol. The molecule has 0 aliphatic heterocycles. The quantitative estimate of drug-likeness (QED) is 0.745. The third-order valence-electron chi connectivity index (χ3n) is 6.33. The number of nitrogens with one attached hydrogen (secondary N) is 1. The van der Waals surface area contributed by atoms with Crippen molar-refractivity contribution in [1.82, 2.24) is 5.32 Å². The van der Waals surface area contributed by atoms with Crippen LogP contribution >= 0.6 is 11.8 Å². The van der Waals surface area contributed by atoms with E-state index >= 15 is 0 Å². The topological polar surface area (TPSA) is 12.0 Å². The number of rotatable bonds is 5. The summed E-state index contributed by atoms with van der Waals surface area (Å²) in [6, 6.07) is 20.3. The number of fused-ring (bicyclic) bond motifs is 2. The zero-order valence-corrected chi connectivity index (χ0v) is 15.5. The Labute approximate surface area is 150 Å². The van der Waals surface area contributed by atoms with Crippen molar-refractivity contribution in [2.75, 3.05) is 0 Å². The van der Waals surface area contributed by atoms with Crippen LogP contribution in [0.1, 0.15) is 38.7 Å². The summed E-state index contributed by atoms with van der Waals surface area (Å²) in [5, 5.41) is 3.84. The lowest BCUT2D eigenvalue weighted by atomic mass is 9.47. The van der Waals surface area contributed by atoms with Gasteiger partial charge in [-0.1, -0.05) is 55.9 Å². The van der Waals surface area contributed by atoms with Crippen LogP contribution in [0.4, 0.5) is 0 Å². The molecule has 3 saturated carbocycles. The van der Waals surface area contributed by atoms with E-state index in [0.29, 0.717) is 11.5 Å². The van der Waals surface area contributed by atoms with Gasteiger partial charge in [-0.3, -0.25) is 0 Å². The molecule has 0 radical (unpaired) electrons. The van der Waals surface area contributed by atoms with Gasteiger partial charge >= 0.3 is 0 Å². The van der Waals surface area contributed by atoms with Crippen LogP contribution in [0, 0.1) is 17.3 Å². The summed E-state index contributed by atoms with van der Waals surface area (Å²) < 4.78 is 0. The van der Waals surface area contributed by atoms with Crippen LogP contribution in [0.15, 0.2) is 64.4 Å². The van der Waals surface area contributed by atoms with Crippen molar-refractivity contribution >= 4 is 11.8 Å². The van der Waals surface area contributed by atoms with Crippen molar-refractivity contribution in [1.29, 1.82) is 0 Å². The Kier molecular flexibility index (Phi) is 4.44. The monoisotopic (exact) mass is 337 g/mol. The predicted octanol–water partition coefficient (Wildman–Crippen LogP) is 5.75. The van der Waals surface area contributed by atoms with E-state index in [-0.39, 0.29) is 0 Å². The second-order valence-electron chi connectivity index (χ2n) is 7.98. The Hall–Kier alpha value is -1.25. The highest BCUT2D eigenvalue weighted by molar-refractivity contribution is 7.99. The molecule has 24 heavy (non-hydrogen) atoms. The molecule has 2 bridgehead atoms. The largest absolute Gasteiger partial charge is 0.310 e. The van der Waals surface area contributed by atoms with E-state index in [1.807, 2.05) is 11.8 Å². The number of benzene rings is 2. The molecule has 1 nitrogen and oxygen atoms in total. The van der Waals surface area contributed by atoms with Crippen LogP contribution in [-0.4, -0.2) is 6.04 Å². The molecule has 2 aromatic rings. The molecule has 2 heteroatoms. The molecule has 3 fully saturated rings. The molecule has 0 spiro atoms. The molecule has 2 aromatic carbocycles. The van der Waals surface area contributed by atoms with Crippen molar-refractivity contribution in [3.63, 3.8) is 0 Å². The van der Waals surface area contributed by atoms with Gasteiger partial charge in [-0.25, -0.2) is 0 Å². The van der Waals surface area contributed by atoms with Gasteiger partial charge in [0.05, 0.1) is 0 Å². The maximum absolute atomic E-state index is 3.84. The van der Waals surface area contributed by atoms with Gasteiger partial charge in [0.15, 0.2) is 0 Å². The first-order valence-corrected chi connectivity index (χ1v) is 10.00. The highest BCUT2D eigenvalue weighted by Gasteiger charge is 2.53. The van der Waals surface area contributed by atoms with E-state index in [1.54, 1.807) is 0 Å². The molecule has 3 unspecified atom stereocenters. The Balaban J connectivity index is 1.33. The van der Waals surface area contributed by atoms with Gasteiger partial charge in [-0.15, -0.1) is 0 Å². The van der Waals surface area contributed by atoms with Crippen LogP contribution in [0.5, 0.6) is 0 Å². The molecule has 3 atom stereocenters. The number of hydrogen-bond acceptors (Lipinski definition) is 2. The fourth-order valence-electron chi connectivity index (χ4n) is 4.60. The van der Waals surface area contributed by atoms with Crippen LogP contribution in [-0.2, 0) is 6.54 Å². The second kappa shape index (κ2) is 6.57. The van der Waals surface area contributed by atoms with Crippen LogP contribution in [0.3, 0.4) is 0 Å². The van der Waals surface area contributed by atoms with E-state index in [2.05, 4.69) is 73.8 Å². The molecule has 3 aliphatic carbocycles. The fourth-order valence-corrected chi connectivity index (χ4v) is 5.44. The van der Waals surface area contributed by atoms with E-state index in [0.717, 1.165) is 18.4 Å². The molecule has 126 valence electrons. The van der Waals surface area contributed by atoms with Gasteiger partial charge in [0.1, 0.15) is 0 Å². The van der Waals surface area contributed by atoms with Gasteiger partial charge in [-0.2, -0.15) is 0 Å². The smallest absolute Gasteiger partial charge is 0.0208 e. The molecule has 0 saturated heterocycles. The first kappa shape index (κ1) is 16.2. The highest BCUT2D eigenvalue weighted by Crippen LogP contribution is 2.59.